The molecule has 1 aliphatic rings. The fraction of sp³-hybridized carbons (Fsp3) is 0.447. The van der Waals surface area contributed by atoms with Gasteiger partial charge in [-0.05, 0) is 53.9 Å². The van der Waals surface area contributed by atoms with Crippen molar-refractivity contribution in [2.45, 2.75) is 84.8 Å². The lowest BCUT2D eigenvalue weighted by atomic mass is 9.84. The van der Waals surface area contributed by atoms with Crippen molar-refractivity contribution < 1.29 is 28.6 Å². The van der Waals surface area contributed by atoms with Crippen molar-refractivity contribution in [3.8, 4) is 11.1 Å². The lowest BCUT2D eigenvalue weighted by Crippen LogP contribution is -2.56. The molecule has 246 valence electrons. The Balaban J connectivity index is 1.54. The molecule has 0 saturated carbocycles. The Kier molecular flexibility index (Phi) is 11.4. The first-order chi connectivity index (χ1) is 21.8. The molecular formula is C38H48N2O6. The number of carbonyl (C=O) groups is 3. The van der Waals surface area contributed by atoms with Crippen molar-refractivity contribution in [2.24, 2.45) is 11.3 Å². The maximum Gasteiger partial charge on any atom is 0.338 e. The Bertz CT molecular complexity index is 1500. The van der Waals surface area contributed by atoms with Crippen LogP contribution in [0.2, 0.25) is 0 Å². The van der Waals surface area contributed by atoms with Gasteiger partial charge in [-0.25, -0.2) is 4.79 Å². The Morgan fingerprint density at radius 3 is 2.26 bits per heavy atom. The molecule has 4 rings (SSSR count). The van der Waals surface area contributed by atoms with Crippen molar-refractivity contribution >= 4 is 17.8 Å². The van der Waals surface area contributed by atoms with Crippen LogP contribution in [0, 0.1) is 18.3 Å². The van der Waals surface area contributed by atoms with Crippen LogP contribution in [0.1, 0.15) is 70.2 Å². The Morgan fingerprint density at radius 2 is 1.63 bits per heavy atom. The normalized spacial score (nSPS) is 17.9. The molecule has 8 heteroatoms. The minimum Gasteiger partial charge on any atom is -0.432 e. The molecular weight excluding hydrogens is 580 g/mol. The lowest BCUT2D eigenvalue weighted by molar-refractivity contribution is -0.162. The molecule has 1 fully saturated rings. The third kappa shape index (κ3) is 9.04. The average Bonchev–Trinajstić information content (AvgIpc) is 3.28. The maximum absolute atomic E-state index is 14.1. The molecule has 8 nitrogen and oxygen atoms in total. The number of benzene rings is 3. The molecule has 1 saturated heterocycles. The summed E-state index contributed by atoms with van der Waals surface area (Å²) in [5.41, 5.74) is 4.86. The Hall–Kier alpha value is -4.01. The number of methoxy groups -OCH3 is 1. The summed E-state index contributed by atoms with van der Waals surface area (Å²) in [4.78, 5) is 40.9. The Labute approximate surface area is 273 Å². The molecule has 0 aliphatic carbocycles. The van der Waals surface area contributed by atoms with Gasteiger partial charge in [-0.1, -0.05) is 105 Å². The minimum atomic E-state index is -1.15. The molecule has 0 spiro atoms. The first-order valence-electron chi connectivity index (χ1n) is 16.0. The highest BCUT2D eigenvalue weighted by molar-refractivity contribution is 5.92. The summed E-state index contributed by atoms with van der Waals surface area (Å²) in [7, 11) is 1.58. The highest BCUT2D eigenvalue weighted by atomic mass is 16.8. The van der Waals surface area contributed by atoms with Crippen LogP contribution in [-0.4, -0.2) is 49.4 Å². The summed E-state index contributed by atoms with van der Waals surface area (Å²) in [6.07, 6.45) is 0.581. The van der Waals surface area contributed by atoms with E-state index < -0.39 is 47.2 Å². The maximum atomic E-state index is 14.1. The summed E-state index contributed by atoms with van der Waals surface area (Å²) >= 11 is 0. The molecule has 3 aromatic carbocycles. The van der Waals surface area contributed by atoms with Gasteiger partial charge < -0.3 is 24.8 Å². The summed E-state index contributed by atoms with van der Waals surface area (Å²) in [5.74, 6) is -3.35. The molecule has 1 aliphatic heterocycles. The van der Waals surface area contributed by atoms with Gasteiger partial charge in [0.25, 0.3) is 0 Å². The third-order valence-corrected chi connectivity index (χ3v) is 8.27. The summed E-state index contributed by atoms with van der Waals surface area (Å²) in [5, 5.41) is 6.06. The number of rotatable bonds is 13. The van der Waals surface area contributed by atoms with Gasteiger partial charge in [0.05, 0.1) is 18.6 Å². The molecule has 2 N–H and O–H groups in total. The van der Waals surface area contributed by atoms with Crippen LogP contribution in [-0.2, 0) is 35.0 Å². The van der Waals surface area contributed by atoms with E-state index in [1.165, 1.54) is 5.56 Å². The molecule has 3 aromatic rings. The van der Waals surface area contributed by atoms with Crippen molar-refractivity contribution in [1.82, 2.24) is 10.6 Å². The van der Waals surface area contributed by atoms with Gasteiger partial charge in [-0.15, -0.1) is 0 Å². The fourth-order valence-corrected chi connectivity index (χ4v) is 5.94. The van der Waals surface area contributed by atoms with Gasteiger partial charge in [0, 0.05) is 21.0 Å². The van der Waals surface area contributed by atoms with Crippen LogP contribution in [0.3, 0.4) is 0 Å². The zero-order valence-electron chi connectivity index (χ0n) is 28.1. The minimum absolute atomic E-state index is 0.268. The highest BCUT2D eigenvalue weighted by Gasteiger charge is 2.48. The van der Waals surface area contributed by atoms with Crippen LogP contribution < -0.4 is 10.6 Å². The van der Waals surface area contributed by atoms with E-state index in [2.05, 4.69) is 47.9 Å². The van der Waals surface area contributed by atoms with Gasteiger partial charge in [0.2, 0.25) is 17.6 Å². The average molecular weight is 629 g/mol. The van der Waals surface area contributed by atoms with E-state index in [0.29, 0.717) is 19.3 Å². The van der Waals surface area contributed by atoms with Crippen molar-refractivity contribution in [1.29, 1.82) is 0 Å². The standard InChI is InChI=1S/C38H48N2O6/c1-25-15-13-20-28(23-25)29-21-12-11-16-26(29)19-14-22-30(32-36(43)46-38(5,6)45-32)34(41)40-33(37(2,3)4)35(42)39-31(24-44-7)27-17-9-8-10-18-27/h8-13,15-18,20-21,23,30-33H,14,19,22,24H2,1-7H3,(H,39,42)(H,40,41)/t30-,31-,32+,33-/m1/s1. The smallest absolute Gasteiger partial charge is 0.338 e. The quantitative estimate of drug-likeness (QED) is 0.215. The summed E-state index contributed by atoms with van der Waals surface area (Å²) < 4.78 is 16.8. The van der Waals surface area contributed by atoms with Gasteiger partial charge in [0.15, 0.2) is 6.10 Å². The van der Waals surface area contributed by atoms with E-state index >= 15 is 0 Å². The molecule has 4 atom stereocenters. The third-order valence-electron chi connectivity index (χ3n) is 8.27. The first kappa shape index (κ1) is 34.9. The highest BCUT2D eigenvalue weighted by Crippen LogP contribution is 2.33. The molecule has 0 unspecified atom stereocenters. The summed E-state index contributed by atoms with van der Waals surface area (Å²) in [6.45, 7) is 11.3. The number of aryl methyl sites for hydroxylation is 2. The molecule has 46 heavy (non-hydrogen) atoms. The van der Waals surface area contributed by atoms with Crippen LogP contribution in [0.5, 0.6) is 0 Å². The zero-order valence-corrected chi connectivity index (χ0v) is 28.1. The number of amides is 2. The van der Waals surface area contributed by atoms with E-state index in [-0.39, 0.29) is 12.5 Å². The summed E-state index contributed by atoms with van der Waals surface area (Å²) in [6, 6.07) is 24.9. The molecule has 0 aromatic heterocycles. The lowest BCUT2D eigenvalue weighted by Gasteiger charge is -2.33. The van der Waals surface area contributed by atoms with Gasteiger partial charge in [-0.2, -0.15) is 0 Å². The van der Waals surface area contributed by atoms with Crippen LogP contribution in [0.25, 0.3) is 11.1 Å². The first-order valence-corrected chi connectivity index (χ1v) is 16.0. The van der Waals surface area contributed by atoms with Crippen LogP contribution >= 0.6 is 0 Å². The predicted molar refractivity (Wildman–Crippen MR) is 179 cm³/mol. The molecule has 1 heterocycles. The van der Waals surface area contributed by atoms with E-state index in [4.69, 9.17) is 14.2 Å². The molecule has 2 amide bonds. The number of carbonyl (C=O) groups excluding carboxylic acids is 3. The second-order valence-electron chi connectivity index (χ2n) is 13.6. The number of hydrogen-bond acceptors (Lipinski definition) is 6. The fourth-order valence-electron chi connectivity index (χ4n) is 5.94. The van der Waals surface area contributed by atoms with E-state index in [1.807, 2.05) is 69.3 Å². The van der Waals surface area contributed by atoms with Crippen molar-refractivity contribution in [3.63, 3.8) is 0 Å². The predicted octanol–water partition coefficient (Wildman–Crippen LogP) is 6.31. The van der Waals surface area contributed by atoms with Crippen LogP contribution in [0.15, 0.2) is 78.9 Å². The van der Waals surface area contributed by atoms with E-state index in [0.717, 1.165) is 22.3 Å². The largest absolute Gasteiger partial charge is 0.432 e. The number of cyclic esters (lactones) is 1. The number of ether oxygens (including phenoxy) is 3. The monoisotopic (exact) mass is 628 g/mol. The van der Waals surface area contributed by atoms with Crippen LogP contribution in [0.4, 0.5) is 0 Å². The number of hydrogen-bond donors (Lipinski definition) is 2. The number of nitrogens with one attached hydrogen (secondary N) is 2. The van der Waals surface area contributed by atoms with E-state index in [1.54, 1.807) is 21.0 Å². The zero-order chi connectivity index (χ0) is 33.5. The second kappa shape index (κ2) is 15.1. The molecule has 0 bridgehead atoms. The van der Waals surface area contributed by atoms with Crippen molar-refractivity contribution in [3.05, 3.63) is 95.6 Å². The number of esters is 1. The van der Waals surface area contributed by atoms with Crippen molar-refractivity contribution in [2.75, 3.05) is 13.7 Å². The topological polar surface area (TPSA) is 103 Å². The van der Waals surface area contributed by atoms with Gasteiger partial charge in [0.1, 0.15) is 6.04 Å². The Morgan fingerprint density at radius 1 is 0.935 bits per heavy atom. The van der Waals surface area contributed by atoms with Gasteiger partial charge >= 0.3 is 5.97 Å². The van der Waals surface area contributed by atoms with Gasteiger partial charge in [-0.3, -0.25) is 9.59 Å². The SMILES string of the molecule is COC[C@@H](NC(=O)[C@@H](NC(=O)[C@H](CCCc1ccccc1-c1cccc(C)c1)[C@@H]1OC(C)(C)OC1=O)C(C)(C)C)c1ccccc1. The van der Waals surface area contributed by atoms with E-state index in [9.17, 15) is 14.4 Å². The second-order valence-corrected chi connectivity index (χ2v) is 13.6. The molecule has 0 radical (unpaired) electrons.